The van der Waals surface area contributed by atoms with Gasteiger partial charge >= 0.3 is 5.97 Å². The predicted octanol–water partition coefficient (Wildman–Crippen LogP) is 5.09. The van der Waals surface area contributed by atoms with E-state index >= 15 is 0 Å². The molecular weight excluding hydrogens is 274 g/mol. The number of carbonyl (C=O) groups excluding carboxylic acids is 1. The Morgan fingerprint density at radius 1 is 0.955 bits per heavy atom. The summed E-state index contributed by atoms with van der Waals surface area (Å²) in [5.41, 5.74) is 0.774. The summed E-state index contributed by atoms with van der Waals surface area (Å²) < 4.78 is 5.24. The quantitative estimate of drug-likeness (QED) is 0.376. The molecule has 0 bridgehead atoms. The lowest BCUT2D eigenvalue weighted by Gasteiger charge is -2.05. The summed E-state index contributed by atoms with van der Waals surface area (Å²) in [6.07, 6.45) is 14.9. The molecule has 3 nitrogen and oxygen atoms in total. The lowest BCUT2D eigenvalue weighted by molar-refractivity contribution is -0.143. The van der Waals surface area contributed by atoms with Crippen molar-refractivity contribution in [2.75, 3.05) is 6.61 Å². The van der Waals surface area contributed by atoms with E-state index < -0.39 is 0 Å². The lowest BCUT2D eigenvalue weighted by Crippen LogP contribution is -2.09. The molecule has 124 valence electrons. The highest BCUT2D eigenvalue weighted by atomic mass is 16.5. The van der Waals surface area contributed by atoms with Gasteiger partial charge < -0.3 is 4.74 Å². The molecule has 0 aliphatic carbocycles. The zero-order valence-electron chi connectivity index (χ0n) is 14.1. The van der Waals surface area contributed by atoms with Crippen LogP contribution in [0.3, 0.4) is 0 Å². The van der Waals surface area contributed by atoms with Crippen LogP contribution in [0.2, 0.25) is 0 Å². The molecule has 3 heteroatoms. The molecule has 0 fully saturated rings. The Hall–Kier alpha value is -1.38. The summed E-state index contributed by atoms with van der Waals surface area (Å²) in [7, 11) is 0. The zero-order chi connectivity index (χ0) is 15.9. The number of nitrogens with zero attached hydrogens (tertiary/aromatic N) is 1. The van der Waals surface area contributed by atoms with Gasteiger partial charge in [0.2, 0.25) is 0 Å². The van der Waals surface area contributed by atoms with Crippen molar-refractivity contribution in [2.45, 2.75) is 77.6 Å². The Bertz CT molecular complexity index is 378. The Morgan fingerprint density at radius 3 is 2.18 bits per heavy atom. The van der Waals surface area contributed by atoms with Gasteiger partial charge in [-0.3, -0.25) is 9.78 Å². The molecule has 0 aliphatic rings. The van der Waals surface area contributed by atoms with Gasteiger partial charge in [-0.2, -0.15) is 0 Å². The third-order valence-electron chi connectivity index (χ3n) is 3.81. The zero-order valence-corrected chi connectivity index (χ0v) is 14.1. The van der Waals surface area contributed by atoms with Gasteiger partial charge in [0.15, 0.2) is 0 Å². The van der Waals surface area contributed by atoms with Crippen molar-refractivity contribution in [1.82, 2.24) is 4.98 Å². The van der Waals surface area contributed by atoms with E-state index in [1.54, 1.807) is 6.20 Å². The molecule has 1 aromatic heterocycles. The summed E-state index contributed by atoms with van der Waals surface area (Å²) in [5, 5.41) is 0. The van der Waals surface area contributed by atoms with Crippen molar-refractivity contribution >= 4 is 5.97 Å². The van der Waals surface area contributed by atoms with Crippen LogP contribution in [-0.4, -0.2) is 17.6 Å². The molecule has 0 spiro atoms. The van der Waals surface area contributed by atoms with Gasteiger partial charge in [0.25, 0.3) is 0 Å². The fraction of sp³-hybridized carbons (Fsp3) is 0.684. The van der Waals surface area contributed by atoms with Gasteiger partial charge in [0, 0.05) is 6.20 Å². The summed E-state index contributed by atoms with van der Waals surface area (Å²) in [6.45, 7) is 2.80. The van der Waals surface area contributed by atoms with Crippen molar-refractivity contribution in [3.63, 3.8) is 0 Å². The van der Waals surface area contributed by atoms with Gasteiger partial charge in [-0.15, -0.1) is 0 Å². The van der Waals surface area contributed by atoms with E-state index in [1.807, 2.05) is 18.2 Å². The molecule has 0 saturated heterocycles. The number of unbranched alkanes of at least 4 members (excludes halogenated alkanes) is 9. The van der Waals surface area contributed by atoms with Crippen LogP contribution in [0, 0.1) is 0 Å². The molecule has 0 amide bonds. The van der Waals surface area contributed by atoms with E-state index in [2.05, 4.69) is 11.9 Å². The molecular formula is C19H31NO2. The highest BCUT2D eigenvalue weighted by Gasteiger charge is 2.04. The molecule has 0 saturated carbocycles. The Labute approximate surface area is 135 Å². The minimum absolute atomic E-state index is 0.172. The first-order valence-corrected chi connectivity index (χ1v) is 8.88. The standard InChI is InChI=1S/C19H31NO2/c1-2-3-4-5-6-7-8-9-10-13-16-22-19(21)17-18-14-11-12-15-20-18/h11-12,14-15H,2-10,13,16-17H2,1H3. The summed E-state index contributed by atoms with van der Waals surface area (Å²) in [6, 6.07) is 5.58. The highest BCUT2D eigenvalue weighted by Crippen LogP contribution is 2.10. The average Bonchev–Trinajstić information content (AvgIpc) is 2.53. The molecule has 1 aromatic rings. The molecule has 0 N–H and O–H groups in total. The number of rotatable bonds is 13. The molecule has 0 unspecified atom stereocenters. The number of pyridine rings is 1. The fourth-order valence-electron chi connectivity index (χ4n) is 2.48. The van der Waals surface area contributed by atoms with Crippen LogP contribution in [0.5, 0.6) is 0 Å². The molecule has 1 rings (SSSR count). The monoisotopic (exact) mass is 305 g/mol. The molecule has 0 aliphatic heterocycles. The highest BCUT2D eigenvalue weighted by molar-refractivity contribution is 5.71. The van der Waals surface area contributed by atoms with Crippen molar-refractivity contribution in [3.8, 4) is 0 Å². The van der Waals surface area contributed by atoms with Crippen LogP contribution in [0.4, 0.5) is 0 Å². The van der Waals surface area contributed by atoms with Gasteiger partial charge in [0.05, 0.1) is 18.7 Å². The second-order valence-electron chi connectivity index (χ2n) is 5.90. The molecule has 0 radical (unpaired) electrons. The molecule has 0 aromatic carbocycles. The van der Waals surface area contributed by atoms with Crippen LogP contribution >= 0.6 is 0 Å². The Kier molecular flexibility index (Phi) is 11.3. The van der Waals surface area contributed by atoms with Crippen molar-refractivity contribution < 1.29 is 9.53 Å². The second-order valence-corrected chi connectivity index (χ2v) is 5.90. The predicted molar refractivity (Wildman–Crippen MR) is 90.7 cm³/mol. The number of hydrogen-bond acceptors (Lipinski definition) is 3. The van der Waals surface area contributed by atoms with E-state index in [9.17, 15) is 4.79 Å². The number of carbonyl (C=O) groups is 1. The number of aromatic nitrogens is 1. The van der Waals surface area contributed by atoms with Crippen molar-refractivity contribution in [2.24, 2.45) is 0 Å². The average molecular weight is 305 g/mol. The van der Waals surface area contributed by atoms with Crippen LogP contribution in [0.1, 0.15) is 76.8 Å². The molecule has 1 heterocycles. The SMILES string of the molecule is CCCCCCCCCCCCOC(=O)Cc1ccccn1. The maximum atomic E-state index is 11.6. The summed E-state index contributed by atoms with van der Waals surface area (Å²) in [4.78, 5) is 15.7. The number of esters is 1. The topological polar surface area (TPSA) is 39.2 Å². The lowest BCUT2D eigenvalue weighted by atomic mass is 10.1. The van der Waals surface area contributed by atoms with E-state index in [0.29, 0.717) is 6.61 Å². The smallest absolute Gasteiger partial charge is 0.311 e. The summed E-state index contributed by atoms with van der Waals surface area (Å²) in [5.74, 6) is -0.172. The third kappa shape index (κ3) is 10.4. The van der Waals surface area contributed by atoms with Crippen LogP contribution in [-0.2, 0) is 16.0 Å². The number of ether oxygens (including phenoxy) is 1. The van der Waals surface area contributed by atoms with E-state index in [-0.39, 0.29) is 12.4 Å². The molecule has 22 heavy (non-hydrogen) atoms. The van der Waals surface area contributed by atoms with Crippen LogP contribution < -0.4 is 0 Å². The largest absolute Gasteiger partial charge is 0.465 e. The first-order chi connectivity index (χ1) is 10.8. The van der Waals surface area contributed by atoms with Crippen molar-refractivity contribution in [1.29, 1.82) is 0 Å². The van der Waals surface area contributed by atoms with Gasteiger partial charge in [0.1, 0.15) is 0 Å². The minimum atomic E-state index is -0.172. The van der Waals surface area contributed by atoms with Gasteiger partial charge in [-0.05, 0) is 18.6 Å². The summed E-state index contributed by atoms with van der Waals surface area (Å²) >= 11 is 0. The Morgan fingerprint density at radius 2 is 1.59 bits per heavy atom. The minimum Gasteiger partial charge on any atom is -0.465 e. The third-order valence-corrected chi connectivity index (χ3v) is 3.81. The van der Waals surface area contributed by atoms with Crippen LogP contribution in [0.15, 0.2) is 24.4 Å². The Balaban J connectivity index is 1.86. The first-order valence-electron chi connectivity index (χ1n) is 8.88. The fourth-order valence-corrected chi connectivity index (χ4v) is 2.48. The van der Waals surface area contributed by atoms with Crippen LogP contribution in [0.25, 0.3) is 0 Å². The van der Waals surface area contributed by atoms with Gasteiger partial charge in [-0.25, -0.2) is 0 Å². The maximum Gasteiger partial charge on any atom is 0.311 e. The van der Waals surface area contributed by atoms with Crippen molar-refractivity contribution in [3.05, 3.63) is 30.1 Å². The normalized spacial score (nSPS) is 10.6. The maximum absolute atomic E-state index is 11.6. The van der Waals surface area contributed by atoms with Gasteiger partial charge in [-0.1, -0.05) is 70.8 Å². The number of hydrogen-bond donors (Lipinski definition) is 0. The molecule has 0 atom stereocenters. The first kappa shape index (κ1) is 18.7. The van der Waals surface area contributed by atoms with E-state index in [4.69, 9.17) is 4.74 Å². The van der Waals surface area contributed by atoms with E-state index in [0.717, 1.165) is 18.5 Å². The van der Waals surface area contributed by atoms with E-state index in [1.165, 1.54) is 51.4 Å². The second kappa shape index (κ2) is 13.3.